The van der Waals surface area contributed by atoms with Gasteiger partial charge in [-0.25, -0.2) is 18.4 Å². The van der Waals surface area contributed by atoms with E-state index in [9.17, 15) is 8.42 Å². The lowest BCUT2D eigenvalue weighted by Crippen LogP contribution is -2.48. The number of benzene rings is 2. The highest BCUT2D eigenvalue weighted by Crippen LogP contribution is 2.26. The topological polar surface area (TPSA) is 90.5 Å². The third kappa shape index (κ3) is 5.96. The van der Waals surface area contributed by atoms with Crippen LogP contribution in [0.5, 0.6) is 0 Å². The minimum Gasteiger partial charge on any atom is -0.340 e. The van der Waals surface area contributed by atoms with Gasteiger partial charge in [0.25, 0.3) is 0 Å². The van der Waals surface area contributed by atoms with E-state index in [2.05, 4.69) is 32.4 Å². The molecule has 9 heteroatoms. The zero-order chi connectivity index (χ0) is 25.7. The number of likely N-dealkylation sites (N-methyl/N-ethyl adjacent to an activating group) is 1. The lowest BCUT2D eigenvalue weighted by molar-refractivity contribution is 0.196. The minimum absolute atomic E-state index is 0.305. The van der Waals surface area contributed by atoms with Crippen molar-refractivity contribution in [2.45, 2.75) is 11.8 Å². The molecular formula is C28H30N6O2S. The van der Waals surface area contributed by atoms with E-state index in [4.69, 9.17) is 0 Å². The van der Waals surface area contributed by atoms with Crippen LogP contribution >= 0.6 is 0 Å². The molecule has 8 nitrogen and oxygen atoms in total. The second-order valence-electron chi connectivity index (χ2n) is 8.84. The normalized spacial score (nSPS) is 14.8. The molecule has 1 saturated heterocycles. The van der Waals surface area contributed by atoms with Crippen LogP contribution in [0.4, 0.5) is 23.0 Å². The van der Waals surface area contributed by atoms with Crippen LogP contribution in [0.2, 0.25) is 0 Å². The van der Waals surface area contributed by atoms with Crippen molar-refractivity contribution in [3.05, 3.63) is 91.3 Å². The number of piperazine rings is 1. The van der Waals surface area contributed by atoms with Gasteiger partial charge in [-0.15, -0.1) is 0 Å². The Kier molecular flexibility index (Phi) is 7.45. The highest BCUT2D eigenvalue weighted by Gasteiger charge is 2.27. The largest absolute Gasteiger partial charge is 0.340 e. The van der Waals surface area contributed by atoms with Gasteiger partial charge in [0, 0.05) is 49.9 Å². The lowest BCUT2D eigenvalue weighted by atomic mass is 10.1. The van der Waals surface area contributed by atoms with Crippen molar-refractivity contribution in [1.29, 1.82) is 0 Å². The maximum Gasteiger partial charge on any atom is 0.243 e. The molecular weight excluding hydrogens is 484 g/mol. The molecule has 0 amide bonds. The molecule has 0 spiro atoms. The summed E-state index contributed by atoms with van der Waals surface area (Å²) in [6, 6.07) is 24.6. The van der Waals surface area contributed by atoms with Crippen molar-refractivity contribution in [3.63, 3.8) is 0 Å². The van der Waals surface area contributed by atoms with Crippen molar-refractivity contribution in [1.82, 2.24) is 19.2 Å². The molecule has 2 aromatic carbocycles. The van der Waals surface area contributed by atoms with Gasteiger partial charge in [-0.3, -0.25) is 0 Å². The zero-order valence-corrected chi connectivity index (χ0v) is 21.5. The molecule has 190 valence electrons. The Balaban J connectivity index is 1.28. The van der Waals surface area contributed by atoms with E-state index in [1.807, 2.05) is 54.6 Å². The maximum atomic E-state index is 13.1. The van der Waals surface area contributed by atoms with Crippen LogP contribution < -0.4 is 10.6 Å². The number of para-hydroxylation sites is 1. The van der Waals surface area contributed by atoms with Crippen molar-refractivity contribution in [2.75, 3.05) is 43.4 Å². The van der Waals surface area contributed by atoms with E-state index in [-0.39, 0.29) is 0 Å². The monoisotopic (exact) mass is 514 g/mol. The molecule has 0 atom stereocenters. The summed E-state index contributed by atoms with van der Waals surface area (Å²) in [6.45, 7) is 5.60. The fourth-order valence-electron chi connectivity index (χ4n) is 4.32. The molecule has 1 aliphatic heterocycles. The Morgan fingerprint density at radius 3 is 1.81 bits per heavy atom. The standard InChI is InChI=1S/C28H30N6O2S/c1-2-33-16-18-34(19-17-33)37(35,36)26-10-8-25(9-11-26)32-28-21-23(13-15-30-28)22-12-14-29-27(20-22)31-24-6-4-3-5-7-24/h3-15,20-21H,2,16-19H2,1H3,(H,29,31)(H,30,32). The molecule has 2 aromatic heterocycles. The molecule has 0 aliphatic carbocycles. The van der Waals surface area contributed by atoms with Gasteiger partial charge in [0.2, 0.25) is 10.0 Å². The summed E-state index contributed by atoms with van der Waals surface area (Å²) in [6.07, 6.45) is 3.52. The van der Waals surface area contributed by atoms with Crippen LogP contribution in [-0.4, -0.2) is 60.3 Å². The van der Waals surface area contributed by atoms with Crippen molar-refractivity contribution in [2.24, 2.45) is 0 Å². The molecule has 0 saturated carbocycles. The molecule has 4 aromatic rings. The van der Waals surface area contributed by atoms with Crippen molar-refractivity contribution in [3.8, 4) is 11.1 Å². The Morgan fingerprint density at radius 2 is 1.27 bits per heavy atom. The molecule has 37 heavy (non-hydrogen) atoms. The summed E-state index contributed by atoms with van der Waals surface area (Å²) >= 11 is 0. The molecule has 2 N–H and O–H groups in total. The first-order chi connectivity index (χ1) is 18.0. The molecule has 0 unspecified atom stereocenters. The summed E-state index contributed by atoms with van der Waals surface area (Å²) in [5.41, 5.74) is 3.73. The molecule has 0 radical (unpaired) electrons. The third-order valence-corrected chi connectivity index (χ3v) is 8.36. The van der Waals surface area contributed by atoms with E-state index < -0.39 is 10.0 Å². The average Bonchev–Trinajstić information content (AvgIpc) is 2.94. The maximum absolute atomic E-state index is 13.1. The number of nitrogens with zero attached hydrogens (tertiary/aromatic N) is 4. The molecule has 5 rings (SSSR count). The lowest BCUT2D eigenvalue weighted by Gasteiger charge is -2.33. The first kappa shape index (κ1) is 24.9. The van der Waals surface area contributed by atoms with E-state index in [0.29, 0.717) is 23.8 Å². The Morgan fingerprint density at radius 1 is 0.730 bits per heavy atom. The fraction of sp³-hybridized carbons (Fsp3) is 0.214. The van der Waals surface area contributed by atoms with Gasteiger partial charge in [0.15, 0.2) is 0 Å². The van der Waals surface area contributed by atoms with Gasteiger partial charge >= 0.3 is 0 Å². The predicted molar refractivity (Wildman–Crippen MR) is 148 cm³/mol. The van der Waals surface area contributed by atoms with Gasteiger partial charge in [0.05, 0.1) is 4.90 Å². The number of aromatic nitrogens is 2. The van der Waals surface area contributed by atoms with Crippen LogP contribution in [0, 0.1) is 0 Å². The van der Waals surface area contributed by atoms with E-state index in [0.717, 1.165) is 48.0 Å². The number of nitrogens with one attached hydrogen (secondary N) is 2. The smallest absolute Gasteiger partial charge is 0.243 e. The van der Waals surface area contributed by atoms with E-state index in [1.54, 1.807) is 41.0 Å². The Labute approximate surface area is 218 Å². The van der Waals surface area contributed by atoms with Gasteiger partial charge < -0.3 is 15.5 Å². The number of sulfonamides is 1. The van der Waals surface area contributed by atoms with E-state index >= 15 is 0 Å². The summed E-state index contributed by atoms with van der Waals surface area (Å²) < 4.78 is 27.7. The summed E-state index contributed by atoms with van der Waals surface area (Å²) in [5, 5.41) is 6.60. The van der Waals surface area contributed by atoms with Crippen LogP contribution in [0.15, 0.2) is 96.2 Å². The van der Waals surface area contributed by atoms with Crippen molar-refractivity contribution >= 4 is 33.0 Å². The number of hydrogen-bond donors (Lipinski definition) is 2. The van der Waals surface area contributed by atoms with Crippen LogP contribution in [-0.2, 0) is 10.0 Å². The first-order valence-corrected chi connectivity index (χ1v) is 13.8. The Bertz CT molecular complexity index is 1440. The highest BCUT2D eigenvalue weighted by atomic mass is 32.2. The molecule has 3 heterocycles. The van der Waals surface area contributed by atoms with Gasteiger partial charge in [-0.1, -0.05) is 25.1 Å². The Hall–Kier alpha value is -3.79. The SMILES string of the molecule is CCN1CCN(S(=O)(=O)c2ccc(Nc3cc(-c4ccnc(Nc5ccccc5)c4)ccn3)cc2)CC1. The molecule has 1 aliphatic rings. The summed E-state index contributed by atoms with van der Waals surface area (Å²) in [4.78, 5) is 11.4. The van der Waals surface area contributed by atoms with Gasteiger partial charge in [-0.2, -0.15) is 4.31 Å². The highest BCUT2D eigenvalue weighted by molar-refractivity contribution is 7.89. The van der Waals surface area contributed by atoms with Gasteiger partial charge in [0.1, 0.15) is 11.6 Å². The molecule has 1 fully saturated rings. The predicted octanol–water partition coefficient (Wildman–Crippen LogP) is 4.96. The fourth-order valence-corrected chi connectivity index (χ4v) is 5.74. The number of anilines is 4. The zero-order valence-electron chi connectivity index (χ0n) is 20.7. The van der Waals surface area contributed by atoms with Crippen molar-refractivity contribution < 1.29 is 8.42 Å². The quantitative estimate of drug-likeness (QED) is 0.344. The van der Waals surface area contributed by atoms with Crippen LogP contribution in [0.25, 0.3) is 11.1 Å². The number of hydrogen-bond acceptors (Lipinski definition) is 7. The average molecular weight is 515 g/mol. The van der Waals surface area contributed by atoms with E-state index in [1.165, 1.54) is 0 Å². The minimum atomic E-state index is -3.50. The van der Waals surface area contributed by atoms with Crippen LogP contribution in [0.1, 0.15) is 6.92 Å². The second kappa shape index (κ2) is 11.1. The number of pyridine rings is 2. The summed E-state index contributed by atoms with van der Waals surface area (Å²) in [7, 11) is -3.50. The van der Waals surface area contributed by atoms with Gasteiger partial charge in [-0.05, 0) is 78.3 Å². The summed E-state index contributed by atoms with van der Waals surface area (Å²) in [5.74, 6) is 1.42. The second-order valence-corrected chi connectivity index (χ2v) is 10.8. The molecule has 0 bridgehead atoms. The third-order valence-electron chi connectivity index (χ3n) is 6.44. The number of rotatable bonds is 8. The first-order valence-electron chi connectivity index (χ1n) is 12.4. The van der Waals surface area contributed by atoms with Crippen LogP contribution in [0.3, 0.4) is 0 Å².